The molecular weight excluding hydrogens is 246 g/mol. The van der Waals surface area contributed by atoms with Crippen LogP contribution in [0.15, 0.2) is 0 Å². The van der Waals surface area contributed by atoms with Gasteiger partial charge in [0.05, 0.1) is 12.7 Å². The molecule has 1 atom stereocenters. The summed E-state index contributed by atoms with van der Waals surface area (Å²) >= 11 is 1.69. The minimum atomic E-state index is 0.406. The smallest absolute Gasteiger partial charge is 0.208 e. The van der Waals surface area contributed by atoms with Crippen molar-refractivity contribution < 1.29 is 4.74 Å². The average Bonchev–Trinajstić information content (AvgIpc) is 2.87. The lowest BCUT2D eigenvalue weighted by Gasteiger charge is -2.38. The van der Waals surface area contributed by atoms with Gasteiger partial charge < -0.3 is 9.64 Å². The SMILES string of the molecule is Cc1nnc(N2CCO[C@@H](C3CCCCC3)C2)s1. The number of anilines is 1. The summed E-state index contributed by atoms with van der Waals surface area (Å²) in [5, 5.41) is 10.5. The van der Waals surface area contributed by atoms with Gasteiger partial charge in [-0.1, -0.05) is 30.6 Å². The van der Waals surface area contributed by atoms with Crippen LogP contribution in [0.3, 0.4) is 0 Å². The number of hydrogen-bond acceptors (Lipinski definition) is 5. The molecule has 5 heteroatoms. The van der Waals surface area contributed by atoms with E-state index < -0.39 is 0 Å². The van der Waals surface area contributed by atoms with Crippen molar-refractivity contribution in [1.29, 1.82) is 0 Å². The number of hydrogen-bond donors (Lipinski definition) is 0. The van der Waals surface area contributed by atoms with Gasteiger partial charge in [0.25, 0.3) is 0 Å². The van der Waals surface area contributed by atoms with Gasteiger partial charge in [-0.2, -0.15) is 0 Å². The lowest BCUT2D eigenvalue weighted by Crippen LogP contribution is -2.46. The molecule has 0 spiro atoms. The molecule has 1 saturated heterocycles. The van der Waals surface area contributed by atoms with Gasteiger partial charge in [-0.05, 0) is 25.7 Å². The highest BCUT2D eigenvalue weighted by Gasteiger charge is 2.30. The number of nitrogens with zero attached hydrogens (tertiary/aromatic N) is 3. The van der Waals surface area contributed by atoms with Crippen molar-refractivity contribution in [2.24, 2.45) is 5.92 Å². The summed E-state index contributed by atoms with van der Waals surface area (Å²) in [4.78, 5) is 2.35. The minimum Gasteiger partial charge on any atom is -0.374 e. The number of aryl methyl sites for hydroxylation is 1. The maximum absolute atomic E-state index is 5.99. The summed E-state index contributed by atoms with van der Waals surface area (Å²) in [6.45, 7) is 4.80. The van der Waals surface area contributed by atoms with Crippen LogP contribution in [-0.4, -0.2) is 36.0 Å². The third-order valence-electron chi connectivity index (χ3n) is 4.05. The Balaban J connectivity index is 1.64. The van der Waals surface area contributed by atoms with Crippen LogP contribution < -0.4 is 4.90 Å². The normalized spacial score (nSPS) is 26.5. The Hall–Kier alpha value is -0.680. The Kier molecular flexibility index (Phi) is 3.80. The highest BCUT2D eigenvalue weighted by atomic mass is 32.1. The second kappa shape index (κ2) is 5.53. The molecule has 100 valence electrons. The van der Waals surface area contributed by atoms with E-state index in [1.54, 1.807) is 11.3 Å². The highest BCUT2D eigenvalue weighted by Crippen LogP contribution is 2.31. The van der Waals surface area contributed by atoms with Crippen LogP contribution in [0.4, 0.5) is 5.13 Å². The second-order valence-corrected chi connectivity index (χ2v) is 6.52. The standard InChI is InChI=1S/C13H21N3OS/c1-10-14-15-13(18-10)16-7-8-17-12(9-16)11-5-3-2-4-6-11/h11-12H,2-9H2,1H3/t12-/m1/s1. The fourth-order valence-corrected chi connectivity index (χ4v) is 3.78. The van der Waals surface area contributed by atoms with Gasteiger partial charge >= 0.3 is 0 Å². The molecule has 1 aliphatic carbocycles. The zero-order chi connectivity index (χ0) is 12.4. The van der Waals surface area contributed by atoms with E-state index in [2.05, 4.69) is 15.1 Å². The van der Waals surface area contributed by atoms with Gasteiger partial charge in [0.1, 0.15) is 5.01 Å². The van der Waals surface area contributed by atoms with Crippen LogP contribution in [0.5, 0.6) is 0 Å². The molecular formula is C13H21N3OS. The second-order valence-electron chi connectivity index (χ2n) is 5.36. The van der Waals surface area contributed by atoms with Crippen LogP contribution in [0, 0.1) is 12.8 Å². The summed E-state index contributed by atoms with van der Waals surface area (Å²) in [5.41, 5.74) is 0. The Morgan fingerprint density at radius 2 is 2.06 bits per heavy atom. The van der Waals surface area contributed by atoms with Crippen LogP contribution >= 0.6 is 11.3 Å². The molecule has 1 aliphatic heterocycles. The van der Waals surface area contributed by atoms with E-state index in [0.717, 1.165) is 35.8 Å². The Morgan fingerprint density at radius 1 is 1.22 bits per heavy atom. The van der Waals surface area contributed by atoms with Crippen molar-refractivity contribution in [3.63, 3.8) is 0 Å². The van der Waals surface area contributed by atoms with Crippen molar-refractivity contribution >= 4 is 16.5 Å². The number of rotatable bonds is 2. The van der Waals surface area contributed by atoms with Gasteiger partial charge in [0.2, 0.25) is 5.13 Å². The minimum absolute atomic E-state index is 0.406. The fourth-order valence-electron chi connectivity index (χ4n) is 3.05. The van der Waals surface area contributed by atoms with E-state index in [9.17, 15) is 0 Å². The van der Waals surface area contributed by atoms with Crippen LogP contribution in [-0.2, 0) is 4.74 Å². The lowest BCUT2D eigenvalue weighted by atomic mass is 9.84. The van der Waals surface area contributed by atoms with Crippen LogP contribution in [0.2, 0.25) is 0 Å². The Labute approximate surface area is 112 Å². The monoisotopic (exact) mass is 267 g/mol. The lowest BCUT2D eigenvalue weighted by molar-refractivity contribution is -0.00921. The predicted octanol–water partition coefficient (Wildman–Crippen LogP) is 2.63. The molecule has 0 N–H and O–H groups in total. The third kappa shape index (κ3) is 2.67. The number of ether oxygens (including phenoxy) is 1. The summed E-state index contributed by atoms with van der Waals surface area (Å²) in [7, 11) is 0. The third-order valence-corrected chi connectivity index (χ3v) is 4.95. The maximum Gasteiger partial charge on any atom is 0.208 e. The Bertz CT molecular complexity index is 389. The van der Waals surface area contributed by atoms with Crippen LogP contribution in [0.25, 0.3) is 0 Å². The molecule has 0 bridgehead atoms. The first-order chi connectivity index (χ1) is 8.83. The summed E-state index contributed by atoms with van der Waals surface area (Å²) in [6, 6.07) is 0. The van der Waals surface area contributed by atoms with E-state index >= 15 is 0 Å². The predicted molar refractivity (Wildman–Crippen MR) is 73.2 cm³/mol. The molecule has 2 heterocycles. The van der Waals surface area contributed by atoms with E-state index in [1.807, 2.05) is 6.92 Å². The molecule has 18 heavy (non-hydrogen) atoms. The summed E-state index contributed by atoms with van der Waals surface area (Å²) < 4.78 is 5.99. The summed E-state index contributed by atoms with van der Waals surface area (Å²) in [6.07, 6.45) is 7.25. The molecule has 2 fully saturated rings. The van der Waals surface area contributed by atoms with E-state index in [-0.39, 0.29) is 0 Å². The van der Waals surface area contributed by atoms with Gasteiger partial charge in [0.15, 0.2) is 0 Å². The molecule has 0 radical (unpaired) electrons. The molecule has 0 amide bonds. The topological polar surface area (TPSA) is 38.2 Å². The van der Waals surface area contributed by atoms with Gasteiger partial charge in [-0.3, -0.25) is 0 Å². The molecule has 1 aromatic heterocycles. The largest absolute Gasteiger partial charge is 0.374 e. The van der Waals surface area contributed by atoms with Crippen molar-refractivity contribution in [2.45, 2.75) is 45.1 Å². The number of morpholine rings is 1. The first-order valence-corrected chi connectivity index (χ1v) is 7.81. The van der Waals surface area contributed by atoms with Crippen molar-refractivity contribution in [2.75, 3.05) is 24.6 Å². The van der Waals surface area contributed by atoms with Crippen LogP contribution in [0.1, 0.15) is 37.1 Å². The molecule has 1 aromatic rings. The van der Waals surface area contributed by atoms with E-state index in [0.29, 0.717) is 6.10 Å². The van der Waals surface area contributed by atoms with E-state index in [1.165, 1.54) is 32.1 Å². The average molecular weight is 267 g/mol. The first kappa shape index (κ1) is 12.4. The fraction of sp³-hybridized carbons (Fsp3) is 0.846. The molecule has 0 unspecified atom stereocenters. The first-order valence-electron chi connectivity index (χ1n) is 6.99. The molecule has 3 rings (SSSR count). The maximum atomic E-state index is 5.99. The van der Waals surface area contributed by atoms with Gasteiger partial charge in [0, 0.05) is 13.1 Å². The van der Waals surface area contributed by atoms with E-state index in [4.69, 9.17) is 4.74 Å². The van der Waals surface area contributed by atoms with Crippen molar-refractivity contribution in [3.05, 3.63) is 5.01 Å². The van der Waals surface area contributed by atoms with Crippen molar-refractivity contribution in [3.8, 4) is 0 Å². The molecule has 0 aromatic carbocycles. The molecule has 2 aliphatic rings. The van der Waals surface area contributed by atoms with Gasteiger partial charge in [-0.15, -0.1) is 10.2 Å². The Morgan fingerprint density at radius 3 is 2.78 bits per heavy atom. The molecule has 4 nitrogen and oxygen atoms in total. The van der Waals surface area contributed by atoms with Crippen molar-refractivity contribution in [1.82, 2.24) is 10.2 Å². The zero-order valence-corrected chi connectivity index (χ0v) is 11.8. The summed E-state index contributed by atoms with van der Waals surface area (Å²) in [5.74, 6) is 0.760. The quantitative estimate of drug-likeness (QED) is 0.825. The zero-order valence-electron chi connectivity index (χ0n) is 11.0. The number of aromatic nitrogens is 2. The highest BCUT2D eigenvalue weighted by molar-refractivity contribution is 7.15. The van der Waals surface area contributed by atoms with Gasteiger partial charge in [-0.25, -0.2) is 0 Å². The molecule has 1 saturated carbocycles.